The molecular formula is C14H19FN2O4. The molecule has 1 aromatic carbocycles. The van der Waals surface area contributed by atoms with E-state index in [4.69, 9.17) is 9.47 Å². The van der Waals surface area contributed by atoms with E-state index in [0.717, 1.165) is 18.7 Å². The topological polar surface area (TPSA) is 73.6 Å². The Bertz CT molecular complexity index is 522. The number of hydrogen-bond acceptors (Lipinski definition) is 5. The molecule has 0 aromatic heterocycles. The Morgan fingerprint density at radius 2 is 2.33 bits per heavy atom. The van der Waals surface area contributed by atoms with E-state index in [9.17, 15) is 14.5 Å². The Balaban J connectivity index is 1.83. The maximum absolute atomic E-state index is 13.5. The number of halogens is 1. The molecule has 7 heteroatoms. The third-order valence-corrected chi connectivity index (χ3v) is 3.19. The fourth-order valence-electron chi connectivity index (χ4n) is 2.26. The van der Waals surface area contributed by atoms with Gasteiger partial charge in [0.15, 0.2) is 0 Å². The number of rotatable bonds is 5. The molecular weight excluding hydrogens is 279 g/mol. The highest BCUT2D eigenvalue weighted by molar-refractivity contribution is 5.34. The largest absolute Gasteiger partial charge is 0.374 e. The maximum atomic E-state index is 13.5. The van der Waals surface area contributed by atoms with Crippen molar-refractivity contribution in [2.24, 2.45) is 0 Å². The van der Waals surface area contributed by atoms with Gasteiger partial charge in [-0.25, -0.2) is 0 Å². The lowest BCUT2D eigenvalue weighted by Crippen LogP contribution is -2.51. The van der Waals surface area contributed by atoms with Gasteiger partial charge in [0.05, 0.1) is 29.8 Å². The van der Waals surface area contributed by atoms with E-state index in [1.807, 2.05) is 13.8 Å². The van der Waals surface area contributed by atoms with Crippen LogP contribution in [0, 0.1) is 15.9 Å². The van der Waals surface area contributed by atoms with E-state index < -0.39 is 16.4 Å². The number of morpholine rings is 1. The minimum absolute atomic E-state index is 0.0587. The van der Waals surface area contributed by atoms with Gasteiger partial charge < -0.3 is 14.8 Å². The van der Waals surface area contributed by atoms with Crippen molar-refractivity contribution < 1.29 is 18.8 Å². The highest BCUT2D eigenvalue weighted by Crippen LogP contribution is 2.19. The molecule has 1 fully saturated rings. The number of nitro groups is 1. The van der Waals surface area contributed by atoms with Crippen LogP contribution in [-0.4, -0.2) is 36.3 Å². The van der Waals surface area contributed by atoms with E-state index in [2.05, 4.69) is 5.32 Å². The van der Waals surface area contributed by atoms with Crippen molar-refractivity contribution in [3.8, 4) is 0 Å². The summed E-state index contributed by atoms with van der Waals surface area (Å²) in [7, 11) is 0. The monoisotopic (exact) mass is 298 g/mol. The van der Waals surface area contributed by atoms with Crippen LogP contribution in [0.25, 0.3) is 0 Å². The number of nitrogens with zero attached hydrogens (tertiary/aromatic N) is 1. The second-order valence-corrected chi connectivity index (χ2v) is 5.69. The first-order valence-electron chi connectivity index (χ1n) is 6.76. The summed E-state index contributed by atoms with van der Waals surface area (Å²) in [6.45, 7) is 6.06. The molecule has 1 saturated heterocycles. The molecule has 1 atom stereocenters. The molecule has 0 spiro atoms. The van der Waals surface area contributed by atoms with Crippen molar-refractivity contribution in [3.63, 3.8) is 0 Å². The lowest BCUT2D eigenvalue weighted by atomic mass is 10.1. The fourth-order valence-corrected chi connectivity index (χ4v) is 2.26. The van der Waals surface area contributed by atoms with Gasteiger partial charge in [0.25, 0.3) is 0 Å². The van der Waals surface area contributed by atoms with E-state index in [1.165, 1.54) is 6.07 Å². The predicted molar refractivity (Wildman–Crippen MR) is 74.5 cm³/mol. The van der Waals surface area contributed by atoms with Crippen LogP contribution >= 0.6 is 0 Å². The van der Waals surface area contributed by atoms with Crippen LogP contribution in [0.3, 0.4) is 0 Å². The lowest BCUT2D eigenvalue weighted by molar-refractivity contribution is -0.387. The van der Waals surface area contributed by atoms with Gasteiger partial charge in [-0.05, 0) is 31.5 Å². The van der Waals surface area contributed by atoms with Gasteiger partial charge >= 0.3 is 5.69 Å². The Morgan fingerprint density at radius 3 is 2.95 bits per heavy atom. The Kier molecular flexibility index (Phi) is 4.87. The third-order valence-electron chi connectivity index (χ3n) is 3.19. The van der Waals surface area contributed by atoms with Crippen LogP contribution in [0.5, 0.6) is 0 Å². The minimum atomic E-state index is -0.849. The van der Waals surface area contributed by atoms with Crippen molar-refractivity contribution in [3.05, 3.63) is 39.7 Å². The molecule has 2 rings (SSSR count). The molecule has 0 bridgehead atoms. The van der Waals surface area contributed by atoms with Gasteiger partial charge in [-0.1, -0.05) is 0 Å². The highest BCUT2D eigenvalue weighted by atomic mass is 19.1. The van der Waals surface area contributed by atoms with E-state index in [-0.39, 0.29) is 18.3 Å². The summed E-state index contributed by atoms with van der Waals surface area (Å²) in [6.07, 6.45) is -0.0587. The number of benzene rings is 1. The van der Waals surface area contributed by atoms with Gasteiger partial charge in [-0.2, -0.15) is 4.39 Å². The van der Waals surface area contributed by atoms with Crippen molar-refractivity contribution in [2.75, 3.05) is 19.7 Å². The summed E-state index contributed by atoms with van der Waals surface area (Å²) in [6, 6.07) is 3.77. The molecule has 116 valence electrons. The van der Waals surface area contributed by atoms with Crippen LogP contribution in [0.4, 0.5) is 10.1 Å². The van der Waals surface area contributed by atoms with Crippen LogP contribution in [0.15, 0.2) is 18.2 Å². The van der Waals surface area contributed by atoms with Gasteiger partial charge in [-0.3, -0.25) is 10.1 Å². The second-order valence-electron chi connectivity index (χ2n) is 5.69. The van der Waals surface area contributed by atoms with Gasteiger partial charge in [0, 0.05) is 19.2 Å². The SMILES string of the molecule is CC1(C)CNCC(COCc2ccc([N+](=O)[O-])c(F)c2)O1. The van der Waals surface area contributed by atoms with Crippen molar-refractivity contribution in [1.82, 2.24) is 5.32 Å². The van der Waals surface area contributed by atoms with Gasteiger partial charge in [-0.15, -0.1) is 0 Å². The van der Waals surface area contributed by atoms with Gasteiger partial charge in [0.1, 0.15) is 0 Å². The van der Waals surface area contributed by atoms with Crippen molar-refractivity contribution in [1.29, 1.82) is 0 Å². The molecule has 0 amide bonds. The zero-order valence-electron chi connectivity index (χ0n) is 12.1. The molecule has 1 N–H and O–H groups in total. The zero-order chi connectivity index (χ0) is 15.5. The molecule has 0 radical (unpaired) electrons. The summed E-state index contributed by atoms with van der Waals surface area (Å²) < 4.78 is 24.8. The molecule has 1 aliphatic rings. The number of ether oxygens (including phenoxy) is 2. The first kappa shape index (κ1) is 15.8. The van der Waals surface area contributed by atoms with Crippen LogP contribution in [0.2, 0.25) is 0 Å². The smallest absolute Gasteiger partial charge is 0.304 e. The van der Waals surface area contributed by atoms with Crippen LogP contribution < -0.4 is 5.32 Å². The van der Waals surface area contributed by atoms with E-state index >= 15 is 0 Å². The van der Waals surface area contributed by atoms with Crippen molar-refractivity contribution >= 4 is 5.69 Å². The number of nitro benzene ring substituents is 1. The Morgan fingerprint density at radius 1 is 1.57 bits per heavy atom. The van der Waals surface area contributed by atoms with E-state index in [0.29, 0.717) is 18.7 Å². The summed E-state index contributed by atoms with van der Waals surface area (Å²) in [5.74, 6) is -0.849. The third kappa shape index (κ3) is 4.45. The summed E-state index contributed by atoms with van der Waals surface area (Å²) in [5.41, 5.74) is -0.201. The number of hydrogen-bond donors (Lipinski definition) is 1. The normalized spacial score (nSPS) is 21.2. The van der Waals surface area contributed by atoms with Crippen LogP contribution in [-0.2, 0) is 16.1 Å². The summed E-state index contributed by atoms with van der Waals surface area (Å²) in [5, 5.41) is 13.8. The Hall–Kier alpha value is -1.57. The molecule has 6 nitrogen and oxygen atoms in total. The first-order valence-corrected chi connectivity index (χ1v) is 6.76. The molecule has 0 aliphatic carbocycles. The highest BCUT2D eigenvalue weighted by Gasteiger charge is 2.28. The average Bonchev–Trinajstić information content (AvgIpc) is 2.37. The van der Waals surface area contributed by atoms with Crippen molar-refractivity contribution in [2.45, 2.75) is 32.2 Å². The molecule has 1 unspecified atom stereocenters. The summed E-state index contributed by atoms with van der Waals surface area (Å²) >= 11 is 0. The lowest BCUT2D eigenvalue weighted by Gasteiger charge is -2.36. The van der Waals surface area contributed by atoms with Crippen LogP contribution in [0.1, 0.15) is 19.4 Å². The zero-order valence-corrected chi connectivity index (χ0v) is 12.1. The van der Waals surface area contributed by atoms with E-state index in [1.54, 1.807) is 0 Å². The maximum Gasteiger partial charge on any atom is 0.304 e. The quantitative estimate of drug-likeness (QED) is 0.665. The molecule has 1 aliphatic heterocycles. The molecule has 0 saturated carbocycles. The average molecular weight is 298 g/mol. The fraction of sp³-hybridized carbons (Fsp3) is 0.571. The standard InChI is InChI=1S/C14H19FN2O4/c1-14(2)9-16-6-11(21-14)8-20-7-10-3-4-13(17(18)19)12(15)5-10/h3-5,11,16H,6-9H2,1-2H3. The number of nitrogens with one attached hydrogen (secondary N) is 1. The molecule has 21 heavy (non-hydrogen) atoms. The molecule has 1 aromatic rings. The molecule has 1 heterocycles. The summed E-state index contributed by atoms with van der Waals surface area (Å²) in [4.78, 5) is 9.78. The van der Waals surface area contributed by atoms with Gasteiger partial charge in [0.2, 0.25) is 5.82 Å². The minimum Gasteiger partial charge on any atom is -0.374 e. The second kappa shape index (κ2) is 6.46. The Labute approximate surface area is 122 Å². The first-order chi connectivity index (χ1) is 9.87. The predicted octanol–water partition coefficient (Wildman–Crippen LogP) is 2.02.